The van der Waals surface area contributed by atoms with E-state index in [1.807, 2.05) is 19.9 Å². The highest BCUT2D eigenvalue weighted by molar-refractivity contribution is 5.84. The zero-order chi connectivity index (χ0) is 15.4. The minimum atomic E-state index is -0.418. The highest BCUT2D eigenvalue weighted by Gasteiger charge is 2.15. The summed E-state index contributed by atoms with van der Waals surface area (Å²) >= 11 is 0. The molecular weight excluding hydrogens is 272 g/mol. The summed E-state index contributed by atoms with van der Waals surface area (Å²) in [7, 11) is 1.55. The first-order valence-corrected chi connectivity index (χ1v) is 7.00. The molecule has 2 rings (SSSR count). The van der Waals surface area contributed by atoms with Crippen molar-refractivity contribution in [3.8, 4) is 11.5 Å². The Labute approximate surface area is 123 Å². The van der Waals surface area contributed by atoms with Crippen LogP contribution in [0, 0.1) is 6.92 Å². The molecule has 5 nitrogen and oxygen atoms in total. The number of methoxy groups -OCH3 is 1. The normalized spacial score (nSPS) is 10.9. The lowest BCUT2D eigenvalue weighted by Crippen LogP contribution is -2.12. The lowest BCUT2D eigenvalue weighted by atomic mass is 10.0. The molecule has 0 spiro atoms. The zero-order valence-corrected chi connectivity index (χ0v) is 12.6. The standard InChI is InChI=1S/C16H20O5/c1-4-7-20-15-8-12-10(2)11(5-6-17)16(18)21-13(12)9-14(15)19-3/h8-9,17H,4-7H2,1-3H3. The smallest absolute Gasteiger partial charge is 0.339 e. The monoisotopic (exact) mass is 292 g/mol. The van der Waals surface area contributed by atoms with Crippen molar-refractivity contribution in [2.75, 3.05) is 20.3 Å². The molecule has 21 heavy (non-hydrogen) atoms. The second-order valence-electron chi connectivity index (χ2n) is 4.81. The quantitative estimate of drug-likeness (QED) is 0.828. The molecule has 0 radical (unpaired) electrons. The molecule has 0 unspecified atom stereocenters. The highest BCUT2D eigenvalue weighted by Crippen LogP contribution is 2.34. The summed E-state index contributed by atoms with van der Waals surface area (Å²) in [5.74, 6) is 1.16. The van der Waals surface area contributed by atoms with Gasteiger partial charge in [-0.15, -0.1) is 0 Å². The Balaban J connectivity index is 2.64. The third-order valence-electron chi connectivity index (χ3n) is 3.40. The van der Waals surface area contributed by atoms with E-state index in [-0.39, 0.29) is 13.0 Å². The van der Waals surface area contributed by atoms with Gasteiger partial charge >= 0.3 is 5.63 Å². The largest absolute Gasteiger partial charge is 0.493 e. The van der Waals surface area contributed by atoms with E-state index < -0.39 is 5.63 Å². The second kappa shape index (κ2) is 6.63. The van der Waals surface area contributed by atoms with Crippen LogP contribution < -0.4 is 15.1 Å². The first-order valence-electron chi connectivity index (χ1n) is 7.00. The molecule has 0 aliphatic rings. The van der Waals surface area contributed by atoms with Gasteiger partial charge in [-0.2, -0.15) is 0 Å². The molecule has 2 aromatic rings. The second-order valence-corrected chi connectivity index (χ2v) is 4.81. The van der Waals surface area contributed by atoms with Gasteiger partial charge < -0.3 is 19.0 Å². The minimum absolute atomic E-state index is 0.0908. The van der Waals surface area contributed by atoms with Gasteiger partial charge in [0.1, 0.15) is 5.58 Å². The fourth-order valence-corrected chi connectivity index (χ4v) is 2.28. The van der Waals surface area contributed by atoms with Crippen molar-refractivity contribution < 1.29 is 19.0 Å². The van der Waals surface area contributed by atoms with Gasteiger partial charge in [0.25, 0.3) is 0 Å². The van der Waals surface area contributed by atoms with E-state index in [0.717, 1.165) is 17.4 Å². The van der Waals surface area contributed by atoms with Gasteiger partial charge in [-0.1, -0.05) is 6.92 Å². The van der Waals surface area contributed by atoms with Gasteiger partial charge in [0.2, 0.25) is 0 Å². The van der Waals surface area contributed by atoms with Crippen LogP contribution in [0.25, 0.3) is 11.0 Å². The van der Waals surface area contributed by atoms with Gasteiger partial charge in [0, 0.05) is 30.0 Å². The fraction of sp³-hybridized carbons (Fsp3) is 0.438. The van der Waals surface area contributed by atoms with Gasteiger partial charge in [-0.25, -0.2) is 4.79 Å². The number of benzene rings is 1. The molecule has 1 aromatic heterocycles. The average molecular weight is 292 g/mol. The average Bonchev–Trinajstić information content (AvgIpc) is 2.48. The zero-order valence-electron chi connectivity index (χ0n) is 12.6. The van der Waals surface area contributed by atoms with Crippen molar-refractivity contribution >= 4 is 11.0 Å². The van der Waals surface area contributed by atoms with E-state index in [0.29, 0.717) is 29.3 Å². The number of hydrogen-bond donors (Lipinski definition) is 1. The molecule has 0 aliphatic carbocycles. The van der Waals surface area contributed by atoms with E-state index in [1.165, 1.54) is 0 Å². The molecule has 0 saturated heterocycles. The summed E-state index contributed by atoms with van der Waals surface area (Å²) < 4.78 is 16.3. The maximum Gasteiger partial charge on any atom is 0.339 e. The van der Waals surface area contributed by atoms with Crippen LogP contribution in [0.1, 0.15) is 24.5 Å². The Kier molecular flexibility index (Phi) is 4.85. The van der Waals surface area contributed by atoms with Crippen LogP contribution in [0.3, 0.4) is 0 Å². The van der Waals surface area contributed by atoms with Crippen LogP contribution in [0.5, 0.6) is 11.5 Å². The van der Waals surface area contributed by atoms with Crippen molar-refractivity contribution in [3.63, 3.8) is 0 Å². The number of hydrogen-bond acceptors (Lipinski definition) is 5. The van der Waals surface area contributed by atoms with Crippen molar-refractivity contribution in [1.29, 1.82) is 0 Å². The number of aliphatic hydroxyl groups is 1. The molecule has 0 fully saturated rings. The molecule has 114 valence electrons. The number of aliphatic hydroxyl groups excluding tert-OH is 1. The third kappa shape index (κ3) is 3.03. The summed E-state index contributed by atoms with van der Waals surface area (Å²) in [5, 5.41) is 9.86. The summed E-state index contributed by atoms with van der Waals surface area (Å²) in [5.41, 5.74) is 1.34. The third-order valence-corrected chi connectivity index (χ3v) is 3.40. The van der Waals surface area contributed by atoms with Crippen molar-refractivity contribution in [1.82, 2.24) is 0 Å². The molecular formula is C16H20O5. The Morgan fingerprint density at radius 3 is 2.67 bits per heavy atom. The minimum Gasteiger partial charge on any atom is -0.493 e. The maximum absolute atomic E-state index is 12.0. The molecule has 1 N–H and O–H groups in total. The topological polar surface area (TPSA) is 68.9 Å². The van der Waals surface area contributed by atoms with E-state index in [4.69, 9.17) is 19.0 Å². The van der Waals surface area contributed by atoms with Gasteiger partial charge in [0.15, 0.2) is 11.5 Å². The Morgan fingerprint density at radius 1 is 1.29 bits per heavy atom. The van der Waals surface area contributed by atoms with Crippen LogP contribution in [-0.4, -0.2) is 25.4 Å². The van der Waals surface area contributed by atoms with Gasteiger partial charge in [-0.05, 0) is 25.0 Å². The van der Waals surface area contributed by atoms with Crippen LogP contribution in [0.4, 0.5) is 0 Å². The summed E-state index contributed by atoms with van der Waals surface area (Å²) in [6.07, 6.45) is 1.17. The molecule has 0 bridgehead atoms. The Hall–Kier alpha value is -2.01. The molecule has 1 heterocycles. The van der Waals surface area contributed by atoms with Crippen LogP contribution in [-0.2, 0) is 6.42 Å². The maximum atomic E-state index is 12.0. The molecule has 0 amide bonds. The van der Waals surface area contributed by atoms with Crippen LogP contribution in [0.2, 0.25) is 0 Å². The predicted molar refractivity (Wildman–Crippen MR) is 80.3 cm³/mol. The fourth-order valence-electron chi connectivity index (χ4n) is 2.28. The van der Waals surface area contributed by atoms with Gasteiger partial charge in [0.05, 0.1) is 13.7 Å². The molecule has 0 aliphatic heterocycles. The van der Waals surface area contributed by atoms with E-state index >= 15 is 0 Å². The Bertz CT molecular complexity index is 687. The predicted octanol–water partition coefficient (Wildman–Crippen LogP) is 2.43. The van der Waals surface area contributed by atoms with Gasteiger partial charge in [-0.3, -0.25) is 0 Å². The van der Waals surface area contributed by atoms with Crippen molar-refractivity contribution in [2.24, 2.45) is 0 Å². The SMILES string of the molecule is CCCOc1cc2c(C)c(CCO)c(=O)oc2cc1OC. The lowest BCUT2D eigenvalue weighted by molar-refractivity contribution is 0.294. The number of ether oxygens (including phenoxy) is 2. The van der Waals surface area contributed by atoms with E-state index in [2.05, 4.69) is 0 Å². The Morgan fingerprint density at radius 2 is 2.05 bits per heavy atom. The van der Waals surface area contributed by atoms with Crippen molar-refractivity contribution in [3.05, 3.63) is 33.7 Å². The molecule has 1 aromatic carbocycles. The summed E-state index contributed by atoms with van der Waals surface area (Å²) in [6, 6.07) is 3.49. The van der Waals surface area contributed by atoms with E-state index in [1.54, 1.807) is 13.2 Å². The van der Waals surface area contributed by atoms with E-state index in [9.17, 15) is 4.79 Å². The molecule has 0 atom stereocenters. The molecule has 0 saturated carbocycles. The van der Waals surface area contributed by atoms with Crippen molar-refractivity contribution in [2.45, 2.75) is 26.7 Å². The number of fused-ring (bicyclic) bond motifs is 1. The summed E-state index contributed by atoms with van der Waals surface area (Å²) in [6.45, 7) is 4.37. The number of rotatable bonds is 6. The van der Waals surface area contributed by atoms with Crippen LogP contribution >= 0.6 is 0 Å². The lowest BCUT2D eigenvalue weighted by Gasteiger charge is -2.13. The molecule has 5 heteroatoms. The highest BCUT2D eigenvalue weighted by atomic mass is 16.5. The first-order chi connectivity index (χ1) is 10.1. The first kappa shape index (κ1) is 15.4. The van der Waals surface area contributed by atoms with Crippen LogP contribution in [0.15, 0.2) is 21.3 Å². The summed E-state index contributed by atoms with van der Waals surface area (Å²) in [4.78, 5) is 12.0. The number of aryl methyl sites for hydroxylation is 1.